The number of benzene rings is 2. The van der Waals surface area contributed by atoms with Gasteiger partial charge in [-0.1, -0.05) is 81.7 Å². The van der Waals surface area contributed by atoms with Crippen LogP contribution < -0.4 is 4.90 Å². The van der Waals surface area contributed by atoms with E-state index >= 15 is 0 Å². The number of likely N-dealkylation sites (N-methyl/N-ethyl adjacent to an activating group) is 1. The SMILES string of the molecule is CN1/C(=C/C=C2\CCCC(/C=C/C3=[N+](C)c4ccccc4C3(C)C)=C2SC2CCCCC2)C(C)(C)c2ccccc21. The highest BCUT2D eigenvalue weighted by molar-refractivity contribution is 8.03. The third kappa shape index (κ3) is 5.09. The predicted molar refractivity (Wildman–Crippen MR) is 179 cm³/mol. The van der Waals surface area contributed by atoms with Crippen LogP contribution in [0.3, 0.4) is 0 Å². The number of rotatable bonds is 5. The summed E-state index contributed by atoms with van der Waals surface area (Å²) in [6.45, 7) is 9.49. The lowest BCUT2D eigenvalue weighted by atomic mass is 9.81. The number of hydrogen-bond donors (Lipinski definition) is 0. The topological polar surface area (TPSA) is 6.25 Å². The molecule has 214 valence electrons. The minimum Gasteiger partial charge on any atom is -0.347 e. The fourth-order valence-corrected chi connectivity index (χ4v) is 9.23. The number of anilines is 1. The van der Waals surface area contributed by atoms with Gasteiger partial charge < -0.3 is 4.90 Å². The van der Waals surface area contributed by atoms with Crippen molar-refractivity contribution in [1.29, 1.82) is 0 Å². The van der Waals surface area contributed by atoms with E-state index in [9.17, 15) is 0 Å². The fraction of sp³-hybridized carbons (Fsp3) is 0.447. The summed E-state index contributed by atoms with van der Waals surface area (Å²) >= 11 is 2.19. The predicted octanol–water partition coefficient (Wildman–Crippen LogP) is 9.99. The quantitative estimate of drug-likeness (QED) is 0.334. The van der Waals surface area contributed by atoms with Crippen LogP contribution >= 0.6 is 11.8 Å². The Hall–Kier alpha value is -2.78. The van der Waals surface area contributed by atoms with E-state index in [-0.39, 0.29) is 10.8 Å². The standard InChI is InChI=1S/C38H47N2S/c1-37(2)30-19-10-12-21-32(30)39(5)34(37)25-23-27-15-14-16-28(36(27)41-29-17-8-7-9-18-29)24-26-35-38(3,4)31-20-11-13-22-33(31)40(35)6/h10-13,19-26,29H,7-9,14-18H2,1-6H3/q+1. The van der Waals surface area contributed by atoms with Gasteiger partial charge in [0.15, 0.2) is 5.71 Å². The maximum absolute atomic E-state index is 2.48. The van der Waals surface area contributed by atoms with E-state index < -0.39 is 0 Å². The molecule has 1 saturated carbocycles. The first kappa shape index (κ1) is 28.3. The van der Waals surface area contributed by atoms with Gasteiger partial charge >= 0.3 is 0 Å². The molecule has 3 heteroatoms. The summed E-state index contributed by atoms with van der Waals surface area (Å²) in [5.74, 6) is 0. The highest BCUT2D eigenvalue weighted by atomic mass is 32.2. The van der Waals surface area contributed by atoms with Crippen molar-refractivity contribution in [2.75, 3.05) is 19.0 Å². The number of hydrogen-bond acceptors (Lipinski definition) is 2. The van der Waals surface area contributed by atoms with Gasteiger partial charge in [0.25, 0.3) is 0 Å². The van der Waals surface area contributed by atoms with Crippen LogP contribution in [-0.2, 0) is 10.8 Å². The Labute approximate surface area is 252 Å². The molecule has 0 atom stereocenters. The molecule has 2 aromatic carbocycles. The minimum atomic E-state index is 0.00444. The first-order valence-corrected chi connectivity index (χ1v) is 16.6. The summed E-state index contributed by atoms with van der Waals surface area (Å²) in [6.07, 6.45) is 20.3. The van der Waals surface area contributed by atoms with Crippen LogP contribution in [0.15, 0.2) is 94.6 Å². The molecular formula is C38H47N2S+. The van der Waals surface area contributed by atoms with Crippen molar-refractivity contribution in [1.82, 2.24) is 0 Å². The third-order valence-electron chi connectivity index (χ3n) is 10.1. The molecule has 2 aliphatic heterocycles. The molecule has 0 N–H and O–H groups in total. The average molecular weight is 564 g/mol. The highest BCUT2D eigenvalue weighted by Crippen LogP contribution is 2.48. The zero-order valence-electron chi connectivity index (χ0n) is 26.0. The number of thioether (sulfide) groups is 1. The molecule has 0 aromatic heterocycles. The fourth-order valence-electron chi connectivity index (χ4n) is 7.68. The van der Waals surface area contributed by atoms with E-state index in [0.717, 1.165) is 5.25 Å². The van der Waals surface area contributed by atoms with Crippen LogP contribution in [0.1, 0.15) is 90.2 Å². The minimum absolute atomic E-state index is 0.00444. The van der Waals surface area contributed by atoms with Crippen molar-refractivity contribution in [3.05, 3.63) is 106 Å². The largest absolute Gasteiger partial charge is 0.347 e. The van der Waals surface area contributed by atoms with Crippen molar-refractivity contribution in [2.45, 2.75) is 95.1 Å². The van der Waals surface area contributed by atoms with Gasteiger partial charge in [0.05, 0.1) is 5.41 Å². The van der Waals surface area contributed by atoms with E-state index in [1.165, 1.54) is 96.4 Å². The van der Waals surface area contributed by atoms with E-state index in [4.69, 9.17) is 0 Å². The molecule has 0 amide bonds. The Morgan fingerprint density at radius 2 is 1.51 bits per heavy atom. The molecule has 0 unspecified atom stereocenters. The molecule has 41 heavy (non-hydrogen) atoms. The smallest absolute Gasteiger partial charge is 0.209 e. The molecule has 6 rings (SSSR count). The third-order valence-corrected chi connectivity index (χ3v) is 11.6. The summed E-state index contributed by atoms with van der Waals surface area (Å²) in [6, 6.07) is 17.8. The molecule has 0 bridgehead atoms. The molecular weight excluding hydrogens is 516 g/mol. The van der Waals surface area contributed by atoms with Crippen molar-refractivity contribution >= 4 is 28.8 Å². The van der Waals surface area contributed by atoms with Crippen LogP contribution in [0.4, 0.5) is 11.4 Å². The molecule has 0 spiro atoms. The van der Waals surface area contributed by atoms with Crippen molar-refractivity contribution < 1.29 is 4.58 Å². The number of para-hydroxylation sites is 2. The van der Waals surface area contributed by atoms with Crippen LogP contribution in [0, 0.1) is 0 Å². The lowest BCUT2D eigenvalue weighted by Crippen LogP contribution is -2.26. The van der Waals surface area contributed by atoms with Gasteiger partial charge in [-0.2, -0.15) is 4.58 Å². The first-order valence-electron chi connectivity index (χ1n) is 15.7. The molecule has 1 fully saturated rings. The van der Waals surface area contributed by atoms with E-state index in [0.29, 0.717) is 0 Å². The summed E-state index contributed by atoms with van der Waals surface area (Å²) in [5, 5.41) is 0.744. The van der Waals surface area contributed by atoms with Gasteiger partial charge in [-0.15, -0.1) is 11.8 Å². The summed E-state index contributed by atoms with van der Waals surface area (Å²) in [4.78, 5) is 3.96. The van der Waals surface area contributed by atoms with E-state index in [1.807, 2.05) is 0 Å². The monoisotopic (exact) mass is 563 g/mol. The van der Waals surface area contributed by atoms with Crippen molar-refractivity contribution in [2.24, 2.45) is 0 Å². The highest BCUT2D eigenvalue weighted by Gasteiger charge is 2.42. The summed E-state index contributed by atoms with van der Waals surface area (Å²) in [7, 11) is 4.46. The number of fused-ring (bicyclic) bond motifs is 2. The molecule has 2 aliphatic carbocycles. The average Bonchev–Trinajstić information content (AvgIpc) is 3.29. The molecule has 2 nitrogen and oxygen atoms in total. The second-order valence-electron chi connectivity index (χ2n) is 13.5. The first-order chi connectivity index (χ1) is 19.7. The number of nitrogens with zero attached hydrogens (tertiary/aromatic N) is 2. The van der Waals surface area contributed by atoms with Gasteiger partial charge in [0.1, 0.15) is 7.05 Å². The van der Waals surface area contributed by atoms with Crippen molar-refractivity contribution in [3.8, 4) is 0 Å². The molecule has 2 heterocycles. The maximum Gasteiger partial charge on any atom is 0.209 e. The Morgan fingerprint density at radius 3 is 2.24 bits per heavy atom. The molecule has 4 aliphatic rings. The second kappa shape index (κ2) is 11.1. The molecule has 2 aromatic rings. The Bertz CT molecular complexity index is 1490. The van der Waals surface area contributed by atoms with E-state index in [1.54, 1.807) is 4.91 Å². The maximum atomic E-state index is 2.48. The lowest BCUT2D eigenvalue weighted by Gasteiger charge is -2.28. The van der Waals surface area contributed by atoms with Gasteiger partial charge in [0.2, 0.25) is 5.69 Å². The van der Waals surface area contributed by atoms with Gasteiger partial charge in [-0.05, 0) is 74.8 Å². The molecule has 0 saturated heterocycles. The Morgan fingerprint density at radius 1 is 0.805 bits per heavy atom. The normalized spacial score (nSPS) is 24.2. The second-order valence-corrected chi connectivity index (χ2v) is 14.8. The van der Waals surface area contributed by atoms with Crippen molar-refractivity contribution in [3.63, 3.8) is 0 Å². The molecule has 0 radical (unpaired) electrons. The van der Waals surface area contributed by atoms with Crippen LogP contribution in [0.2, 0.25) is 0 Å². The Kier molecular flexibility index (Phi) is 7.70. The lowest BCUT2D eigenvalue weighted by molar-refractivity contribution is -0.401. The summed E-state index contributed by atoms with van der Waals surface area (Å²) in [5.41, 5.74) is 11.4. The zero-order chi connectivity index (χ0) is 28.8. The van der Waals surface area contributed by atoms with Crippen LogP contribution in [0.25, 0.3) is 0 Å². The van der Waals surface area contributed by atoms with Gasteiger partial charge in [0, 0.05) is 51.7 Å². The summed E-state index contributed by atoms with van der Waals surface area (Å²) < 4.78 is 2.40. The number of allylic oxidation sites excluding steroid dienone is 7. The van der Waals surface area contributed by atoms with E-state index in [2.05, 4.69) is 136 Å². The van der Waals surface area contributed by atoms with Crippen LogP contribution in [0.5, 0.6) is 0 Å². The van der Waals surface area contributed by atoms with Gasteiger partial charge in [-0.3, -0.25) is 0 Å². The Balaban J connectivity index is 1.38. The van der Waals surface area contributed by atoms with Gasteiger partial charge in [-0.25, -0.2) is 0 Å². The zero-order valence-corrected chi connectivity index (χ0v) is 26.8. The van der Waals surface area contributed by atoms with Crippen LogP contribution in [-0.4, -0.2) is 29.6 Å².